The predicted octanol–water partition coefficient (Wildman–Crippen LogP) is 2.49. The largest absolute Gasteiger partial charge is 0.573 e. The van der Waals surface area contributed by atoms with E-state index in [4.69, 9.17) is 0 Å². The molecule has 1 fully saturated rings. The first-order valence-corrected chi connectivity index (χ1v) is 9.80. The van der Waals surface area contributed by atoms with Crippen LogP contribution in [0.2, 0.25) is 0 Å². The maximum atomic E-state index is 12.3. The number of hydrogen-bond acceptors (Lipinski definition) is 5. The van der Waals surface area contributed by atoms with E-state index in [1.54, 1.807) is 0 Å². The molecule has 0 bridgehead atoms. The fraction of sp³-hybridized carbons (Fsp3) is 0.438. The van der Waals surface area contributed by atoms with Gasteiger partial charge in [0.2, 0.25) is 10.0 Å². The monoisotopic (exact) mass is 404 g/mol. The lowest BCUT2D eigenvalue weighted by Gasteiger charge is -2.32. The molecule has 148 valence electrons. The molecule has 1 aliphatic heterocycles. The van der Waals surface area contributed by atoms with Gasteiger partial charge in [-0.15, -0.1) is 13.2 Å². The van der Waals surface area contributed by atoms with Gasteiger partial charge in [-0.2, -0.15) is 0 Å². The molecular formula is C16H19F3N4O3S. The number of likely N-dealkylation sites (tertiary alicyclic amines) is 1. The minimum Gasteiger partial charge on any atom is -0.406 e. The molecule has 0 amide bonds. The summed E-state index contributed by atoms with van der Waals surface area (Å²) in [5.41, 5.74) is 0.966. The fourth-order valence-electron chi connectivity index (χ4n) is 3.10. The van der Waals surface area contributed by atoms with Crippen LogP contribution in [0.3, 0.4) is 0 Å². The number of nitrogens with zero attached hydrogens (tertiary/aromatic N) is 2. The zero-order chi connectivity index (χ0) is 19.7. The highest BCUT2D eigenvalue weighted by atomic mass is 32.2. The van der Waals surface area contributed by atoms with Crippen molar-refractivity contribution in [1.82, 2.24) is 19.6 Å². The minimum atomic E-state index is -4.76. The van der Waals surface area contributed by atoms with E-state index in [0.717, 1.165) is 24.8 Å². The number of fused-ring (bicyclic) bond motifs is 1. The number of aromatic nitrogens is 2. The standard InChI is InChI=1S/C16H19F3N4O3S/c1-2-27(24,25)22-11-4-3-7-23(9-11)10-15-20-13-6-5-12(8-14(13)21-15)26-16(17,18)19/h2,5-6,8,11,22H,1,3-4,7,9-10H2,(H,20,21). The van der Waals surface area contributed by atoms with Gasteiger partial charge in [0, 0.05) is 24.1 Å². The van der Waals surface area contributed by atoms with Gasteiger partial charge in [-0.1, -0.05) is 6.58 Å². The van der Waals surface area contributed by atoms with Crippen LogP contribution < -0.4 is 9.46 Å². The molecule has 27 heavy (non-hydrogen) atoms. The van der Waals surface area contributed by atoms with Crippen LogP contribution >= 0.6 is 0 Å². The molecule has 0 spiro atoms. The third kappa shape index (κ3) is 5.44. The second-order valence-corrected chi connectivity index (χ2v) is 7.97. The second kappa shape index (κ2) is 7.49. The van der Waals surface area contributed by atoms with Gasteiger partial charge >= 0.3 is 6.36 Å². The molecule has 2 aromatic rings. The number of imidazole rings is 1. The molecule has 0 radical (unpaired) electrons. The highest BCUT2D eigenvalue weighted by molar-refractivity contribution is 7.92. The smallest absolute Gasteiger partial charge is 0.406 e. The summed E-state index contributed by atoms with van der Waals surface area (Å²) in [7, 11) is -3.50. The van der Waals surface area contributed by atoms with Crippen LogP contribution in [0.1, 0.15) is 18.7 Å². The lowest BCUT2D eigenvalue weighted by molar-refractivity contribution is -0.274. The SMILES string of the molecule is C=CS(=O)(=O)NC1CCCN(Cc2nc3cc(OC(F)(F)F)ccc3[nH]2)C1. The molecule has 2 N–H and O–H groups in total. The minimum absolute atomic E-state index is 0.224. The molecule has 1 saturated heterocycles. The first kappa shape index (κ1) is 19.6. The number of piperidine rings is 1. The number of halogens is 3. The second-order valence-electron chi connectivity index (χ2n) is 6.31. The molecule has 2 heterocycles. The van der Waals surface area contributed by atoms with E-state index in [1.807, 2.05) is 4.90 Å². The van der Waals surface area contributed by atoms with Crippen molar-refractivity contribution in [1.29, 1.82) is 0 Å². The summed E-state index contributed by atoms with van der Waals surface area (Å²) in [6.45, 7) is 4.98. The van der Waals surface area contributed by atoms with Crippen molar-refractivity contribution < 1.29 is 26.3 Å². The van der Waals surface area contributed by atoms with Crippen molar-refractivity contribution in [3.05, 3.63) is 36.0 Å². The molecule has 0 aliphatic carbocycles. The van der Waals surface area contributed by atoms with Crippen LogP contribution in [0.5, 0.6) is 5.75 Å². The van der Waals surface area contributed by atoms with E-state index in [2.05, 4.69) is 26.0 Å². The van der Waals surface area contributed by atoms with Gasteiger partial charge < -0.3 is 9.72 Å². The van der Waals surface area contributed by atoms with E-state index in [0.29, 0.717) is 29.9 Å². The Kier molecular flexibility index (Phi) is 5.45. The van der Waals surface area contributed by atoms with Crippen LogP contribution in [0.25, 0.3) is 11.0 Å². The third-order valence-corrected chi connectivity index (χ3v) is 5.27. The summed E-state index contributed by atoms with van der Waals surface area (Å²) in [6, 6.07) is 3.70. The molecule has 1 aliphatic rings. The number of H-pyrrole nitrogens is 1. The van der Waals surface area contributed by atoms with Crippen LogP contribution in [0.15, 0.2) is 30.2 Å². The third-order valence-electron chi connectivity index (χ3n) is 4.17. The Balaban J connectivity index is 1.68. The van der Waals surface area contributed by atoms with Gasteiger partial charge in [-0.05, 0) is 31.5 Å². The lowest BCUT2D eigenvalue weighted by Crippen LogP contribution is -2.46. The molecule has 7 nitrogen and oxygen atoms in total. The summed E-state index contributed by atoms with van der Waals surface area (Å²) in [5, 5.41) is 0.881. The Hall–Kier alpha value is -2.11. The van der Waals surface area contributed by atoms with Crippen molar-refractivity contribution in [2.24, 2.45) is 0 Å². The van der Waals surface area contributed by atoms with Gasteiger partial charge in [0.05, 0.1) is 17.6 Å². The van der Waals surface area contributed by atoms with E-state index in [-0.39, 0.29) is 11.8 Å². The van der Waals surface area contributed by atoms with E-state index in [9.17, 15) is 21.6 Å². The Morgan fingerprint density at radius 1 is 1.44 bits per heavy atom. The zero-order valence-electron chi connectivity index (χ0n) is 14.3. The average Bonchev–Trinajstić information content (AvgIpc) is 2.94. The Labute approximate surface area is 154 Å². The molecule has 1 aromatic heterocycles. The molecule has 3 rings (SSSR count). The summed E-state index contributed by atoms with van der Waals surface area (Å²) in [4.78, 5) is 9.41. The lowest BCUT2D eigenvalue weighted by atomic mass is 10.1. The van der Waals surface area contributed by atoms with Crippen molar-refractivity contribution in [3.63, 3.8) is 0 Å². The number of rotatable bonds is 6. The topological polar surface area (TPSA) is 87.3 Å². The van der Waals surface area contributed by atoms with Crippen LogP contribution in [0, 0.1) is 0 Å². The van der Waals surface area contributed by atoms with Crippen molar-refractivity contribution in [2.75, 3.05) is 13.1 Å². The number of aromatic amines is 1. The molecule has 1 aromatic carbocycles. The van der Waals surface area contributed by atoms with Crippen LogP contribution in [-0.2, 0) is 16.6 Å². The molecule has 11 heteroatoms. The Bertz CT molecular complexity index is 927. The number of sulfonamides is 1. The fourth-order valence-corrected chi connectivity index (χ4v) is 3.85. The predicted molar refractivity (Wildman–Crippen MR) is 93.3 cm³/mol. The van der Waals surface area contributed by atoms with E-state index in [1.165, 1.54) is 18.2 Å². The normalized spacial score (nSPS) is 19.3. The first-order chi connectivity index (χ1) is 12.6. The Morgan fingerprint density at radius 2 is 2.22 bits per heavy atom. The highest BCUT2D eigenvalue weighted by Gasteiger charge is 2.31. The molecular weight excluding hydrogens is 385 g/mol. The summed E-state index contributed by atoms with van der Waals surface area (Å²) in [6.07, 6.45) is -3.22. The van der Waals surface area contributed by atoms with Gasteiger partial charge in [0.25, 0.3) is 0 Å². The van der Waals surface area contributed by atoms with E-state index >= 15 is 0 Å². The number of ether oxygens (including phenoxy) is 1. The highest BCUT2D eigenvalue weighted by Crippen LogP contribution is 2.26. The Morgan fingerprint density at radius 3 is 2.93 bits per heavy atom. The first-order valence-electron chi connectivity index (χ1n) is 8.25. The van der Waals surface area contributed by atoms with Crippen LogP contribution in [-0.4, -0.2) is 48.8 Å². The maximum Gasteiger partial charge on any atom is 0.573 e. The number of hydrogen-bond donors (Lipinski definition) is 2. The van der Waals surface area contributed by atoms with Crippen molar-refractivity contribution >= 4 is 21.1 Å². The number of alkyl halides is 3. The van der Waals surface area contributed by atoms with Gasteiger partial charge in [0.15, 0.2) is 0 Å². The zero-order valence-corrected chi connectivity index (χ0v) is 15.1. The molecule has 1 atom stereocenters. The molecule has 0 saturated carbocycles. The summed E-state index contributed by atoms with van der Waals surface area (Å²) >= 11 is 0. The summed E-state index contributed by atoms with van der Waals surface area (Å²) < 4.78 is 66.7. The van der Waals surface area contributed by atoms with Crippen molar-refractivity contribution in [2.45, 2.75) is 31.8 Å². The maximum absolute atomic E-state index is 12.3. The van der Waals surface area contributed by atoms with Gasteiger partial charge in [-0.25, -0.2) is 18.1 Å². The van der Waals surface area contributed by atoms with Gasteiger partial charge in [-0.3, -0.25) is 4.90 Å². The summed E-state index contributed by atoms with van der Waals surface area (Å²) in [5.74, 6) is 0.256. The van der Waals surface area contributed by atoms with Crippen LogP contribution in [0.4, 0.5) is 13.2 Å². The number of nitrogens with one attached hydrogen (secondary N) is 2. The molecule has 1 unspecified atom stereocenters. The quantitative estimate of drug-likeness (QED) is 0.773. The van der Waals surface area contributed by atoms with Crippen molar-refractivity contribution in [3.8, 4) is 5.75 Å². The number of benzene rings is 1. The van der Waals surface area contributed by atoms with Gasteiger partial charge in [0.1, 0.15) is 11.6 Å². The average molecular weight is 404 g/mol. The van der Waals surface area contributed by atoms with E-state index < -0.39 is 16.4 Å².